The topological polar surface area (TPSA) is 73.2 Å². The lowest BCUT2D eigenvalue weighted by atomic mass is 10.3. The molecule has 22 heavy (non-hydrogen) atoms. The van der Waals surface area contributed by atoms with E-state index in [9.17, 15) is 9.59 Å². The van der Waals surface area contributed by atoms with Crippen LogP contribution in [0, 0.1) is 10.7 Å². The largest absolute Gasteiger partial charge is 0.325 e. The van der Waals surface area contributed by atoms with Crippen LogP contribution in [0.15, 0.2) is 29.2 Å². The molecule has 0 bridgehead atoms. The van der Waals surface area contributed by atoms with E-state index in [0.717, 1.165) is 16.7 Å². The highest BCUT2D eigenvalue weighted by Gasteiger charge is 2.36. The fourth-order valence-corrected chi connectivity index (χ4v) is 3.70. The number of thiocyanates is 1. The summed E-state index contributed by atoms with van der Waals surface area (Å²) < 4.78 is 0.452. The number of anilines is 1. The number of hydrogen-bond acceptors (Lipinski definition) is 6. The fraction of sp³-hybridized carbons (Fsp3) is 0.286. The molecule has 5 nitrogen and oxygen atoms in total. The molecule has 1 aliphatic rings. The van der Waals surface area contributed by atoms with Crippen LogP contribution >= 0.6 is 35.7 Å². The Morgan fingerprint density at radius 3 is 2.73 bits per heavy atom. The Balaban J connectivity index is 1.94. The molecule has 0 spiro atoms. The van der Waals surface area contributed by atoms with Gasteiger partial charge in [-0.05, 0) is 42.4 Å². The van der Waals surface area contributed by atoms with Crippen molar-refractivity contribution in [3.63, 3.8) is 0 Å². The third kappa shape index (κ3) is 4.00. The van der Waals surface area contributed by atoms with E-state index in [1.165, 1.54) is 16.7 Å². The molecule has 8 heteroatoms. The van der Waals surface area contributed by atoms with Gasteiger partial charge in [0.1, 0.15) is 16.3 Å². The molecule has 0 aliphatic carbocycles. The number of nitriles is 1. The molecule has 1 aliphatic heterocycles. The van der Waals surface area contributed by atoms with Gasteiger partial charge in [0.15, 0.2) is 0 Å². The second-order valence-corrected chi connectivity index (χ2v) is 7.17. The Bertz CT molecular complexity index is 640. The molecule has 2 amide bonds. The molecule has 0 radical (unpaired) electrons. The van der Waals surface area contributed by atoms with Gasteiger partial charge in [-0.3, -0.25) is 14.5 Å². The molecule has 1 aromatic rings. The summed E-state index contributed by atoms with van der Waals surface area (Å²) in [6.07, 6.45) is 0.694. The summed E-state index contributed by atoms with van der Waals surface area (Å²) in [4.78, 5) is 26.2. The van der Waals surface area contributed by atoms with Crippen LogP contribution < -0.4 is 5.32 Å². The van der Waals surface area contributed by atoms with Crippen LogP contribution in [-0.4, -0.2) is 32.8 Å². The van der Waals surface area contributed by atoms with E-state index in [-0.39, 0.29) is 23.6 Å². The van der Waals surface area contributed by atoms with Crippen molar-refractivity contribution in [3.8, 4) is 5.40 Å². The summed E-state index contributed by atoms with van der Waals surface area (Å²) in [5.74, 6) is -0.401. The van der Waals surface area contributed by atoms with E-state index in [1.54, 1.807) is 24.3 Å². The second-order valence-electron chi connectivity index (χ2n) is 4.47. The van der Waals surface area contributed by atoms with Crippen LogP contribution in [0.25, 0.3) is 0 Å². The van der Waals surface area contributed by atoms with Crippen molar-refractivity contribution in [3.05, 3.63) is 24.3 Å². The van der Waals surface area contributed by atoms with Crippen molar-refractivity contribution in [1.29, 1.82) is 5.26 Å². The van der Waals surface area contributed by atoms with Gasteiger partial charge in [-0.2, -0.15) is 5.26 Å². The number of carbonyl (C=O) groups is 2. The molecule has 1 fully saturated rings. The molecule has 1 heterocycles. The van der Waals surface area contributed by atoms with Gasteiger partial charge in [0, 0.05) is 10.6 Å². The van der Waals surface area contributed by atoms with Gasteiger partial charge in [0.05, 0.1) is 5.25 Å². The molecule has 0 aromatic heterocycles. The molecular formula is C14H13N3O2S3. The third-order valence-corrected chi connectivity index (χ3v) is 5.33. The minimum absolute atomic E-state index is 0.0735. The van der Waals surface area contributed by atoms with Crippen molar-refractivity contribution in [2.75, 3.05) is 11.9 Å². The molecule has 1 aromatic carbocycles. The summed E-state index contributed by atoms with van der Waals surface area (Å²) in [5, 5.41) is 13.1. The van der Waals surface area contributed by atoms with Crippen LogP contribution in [-0.2, 0) is 9.59 Å². The monoisotopic (exact) mass is 351 g/mol. The molecule has 114 valence electrons. The maximum absolute atomic E-state index is 12.1. The fourth-order valence-electron chi connectivity index (χ4n) is 1.90. The molecule has 1 atom stereocenters. The number of hydrogen-bond donors (Lipinski definition) is 1. The zero-order chi connectivity index (χ0) is 16.1. The average molecular weight is 351 g/mol. The van der Waals surface area contributed by atoms with Crippen molar-refractivity contribution in [2.45, 2.75) is 23.5 Å². The van der Waals surface area contributed by atoms with Crippen LogP contribution in [0.2, 0.25) is 0 Å². The minimum Gasteiger partial charge on any atom is -0.325 e. The predicted molar refractivity (Wildman–Crippen MR) is 92.5 cm³/mol. The Labute approximate surface area is 142 Å². The smallest absolute Gasteiger partial charge is 0.244 e. The number of nitrogens with zero attached hydrogens (tertiary/aromatic N) is 2. The predicted octanol–water partition coefficient (Wildman–Crippen LogP) is 2.84. The number of carbonyl (C=O) groups excluding carboxylic acids is 2. The average Bonchev–Trinajstić information content (AvgIpc) is 2.77. The van der Waals surface area contributed by atoms with Gasteiger partial charge >= 0.3 is 0 Å². The third-order valence-electron chi connectivity index (χ3n) is 2.98. The highest BCUT2D eigenvalue weighted by molar-refractivity contribution is 8.24. The highest BCUT2D eigenvalue weighted by Crippen LogP contribution is 2.29. The van der Waals surface area contributed by atoms with Gasteiger partial charge < -0.3 is 5.32 Å². The molecule has 1 saturated heterocycles. The van der Waals surface area contributed by atoms with Crippen molar-refractivity contribution < 1.29 is 9.59 Å². The van der Waals surface area contributed by atoms with Gasteiger partial charge in [-0.15, -0.1) is 0 Å². The summed E-state index contributed by atoms with van der Waals surface area (Å²) in [5.41, 5.74) is 0.615. The Kier molecular flexibility index (Phi) is 5.83. The van der Waals surface area contributed by atoms with Crippen LogP contribution in [0.1, 0.15) is 13.3 Å². The second kappa shape index (κ2) is 7.63. The first kappa shape index (κ1) is 16.8. The maximum atomic E-state index is 12.1. The van der Waals surface area contributed by atoms with Crippen molar-refractivity contribution in [2.24, 2.45) is 0 Å². The van der Waals surface area contributed by atoms with Crippen molar-refractivity contribution >= 4 is 57.6 Å². The number of rotatable bonds is 5. The highest BCUT2D eigenvalue weighted by atomic mass is 32.2. The van der Waals surface area contributed by atoms with E-state index in [1.807, 2.05) is 12.3 Å². The Hall–Kier alpha value is -1.56. The SMILES string of the molecule is CCC1SC(=S)N(CC(=O)Nc2ccc(SC#N)cc2)C1=O. The molecular weight excluding hydrogens is 338 g/mol. The first-order valence-corrected chi connectivity index (χ1v) is 8.63. The lowest BCUT2D eigenvalue weighted by Gasteiger charge is -2.15. The van der Waals surface area contributed by atoms with Gasteiger partial charge in [-0.1, -0.05) is 30.9 Å². The van der Waals surface area contributed by atoms with Gasteiger partial charge in [0.25, 0.3) is 0 Å². The Morgan fingerprint density at radius 2 is 2.18 bits per heavy atom. The van der Waals surface area contributed by atoms with E-state index in [0.29, 0.717) is 16.4 Å². The van der Waals surface area contributed by atoms with Crippen LogP contribution in [0.3, 0.4) is 0 Å². The zero-order valence-corrected chi connectivity index (χ0v) is 14.2. The standard InChI is InChI=1S/C14H13N3O2S3/c1-2-11-13(19)17(14(20)22-11)7-12(18)16-9-3-5-10(6-4-9)21-8-15/h3-6,11H,2,7H2,1H3,(H,16,18). The number of thioether (sulfide) groups is 2. The maximum Gasteiger partial charge on any atom is 0.244 e. The van der Waals surface area contributed by atoms with Crippen molar-refractivity contribution in [1.82, 2.24) is 4.90 Å². The van der Waals surface area contributed by atoms with Crippen LogP contribution in [0.4, 0.5) is 5.69 Å². The number of thiocarbonyl (C=S) groups is 1. The number of amides is 2. The minimum atomic E-state index is -0.297. The zero-order valence-electron chi connectivity index (χ0n) is 11.7. The number of nitrogens with one attached hydrogen (secondary N) is 1. The van der Waals surface area contributed by atoms with E-state index < -0.39 is 0 Å². The first-order valence-electron chi connectivity index (χ1n) is 6.53. The normalized spacial score (nSPS) is 17.5. The van der Waals surface area contributed by atoms with E-state index in [2.05, 4.69) is 5.32 Å². The summed E-state index contributed by atoms with van der Waals surface area (Å²) >= 11 is 7.53. The molecule has 1 N–H and O–H groups in total. The summed E-state index contributed by atoms with van der Waals surface area (Å²) in [6, 6.07) is 6.92. The van der Waals surface area contributed by atoms with Crippen LogP contribution in [0.5, 0.6) is 0 Å². The quantitative estimate of drug-likeness (QED) is 0.500. The summed E-state index contributed by atoms with van der Waals surface area (Å²) in [7, 11) is 0. The first-order chi connectivity index (χ1) is 10.5. The van der Waals surface area contributed by atoms with Gasteiger partial charge in [0.2, 0.25) is 11.8 Å². The summed E-state index contributed by atoms with van der Waals surface area (Å²) in [6.45, 7) is 1.85. The lowest BCUT2D eigenvalue weighted by Crippen LogP contribution is -2.38. The molecule has 0 saturated carbocycles. The number of benzene rings is 1. The van der Waals surface area contributed by atoms with E-state index in [4.69, 9.17) is 17.5 Å². The van der Waals surface area contributed by atoms with Gasteiger partial charge in [-0.25, -0.2) is 0 Å². The van der Waals surface area contributed by atoms with E-state index >= 15 is 0 Å². The molecule has 2 rings (SSSR count). The Morgan fingerprint density at radius 1 is 1.50 bits per heavy atom. The molecule has 1 unspecified atom stereocenters. The lowest BCUT2D eigenvalue weighted by molar-refractivity contribution is -0.129.